The molecule has 0 saturated carbocycles. The molecule has 2 aromatic heterocycles. The number of carbonyl (C=O) groups excluding carboxylic acids is 1. The Kier molecular flexibility index (Phi) is 3.16. The van der Waals surface area contributed by atoms with E-state index in [1.807, 2.05) is 24.3 Å². The van der Waals surface area contributed by atoms with Crippen molar-refractivity contribution in [3.63, 3.8) is 0 Å². The van der Waals surface area contributed by atoms with Crippen molar-refractivity contribution >= 4 is 17.1 Å². The average molecular weight is 268 g/mol. The lowest BCUT2D eigenvalue weighted by molar-refractivity contribution is 0.0526. The van der Waals surface area contributed by atoms with E-state index in [0.717, 1.165) is 5.52 Å². The van der Waals surface area contributed by atoms with Crippen LogP contribution in [0, 0.1) is 0 Å². The highest BCUT2D eigenvalue weighted by Gasteiger charge is 2.19. The Hall–Kier alpha value is -2.69. The van der Waals surface area contributed by atoms with Crippen LogP contribution in [0.5, 0.6) is 0 Å². The fourth-order valence-corrected chi connectivity index (χ4v) is 1.92. The smallest absolute Gasteiger partial charge is 0.340 e. The maximum absolute atomic E-state index is 11.9. The number of esters is 1. The van der Waals surface area contributed by atoms with Gasteiger partial charge < -0.3 is 9.15 Å². The fraction of sp³-hybridized carbons (Fsp3) is 0.133. The number of ether oxygens (including phenoxy) is 1. The summed E-state index contributed by atoms with van der Waals surface area (Å²) in [5, 5.41) is 0. The van der Waals surface area contributed by atoms with Crippen LogP contribution in [0.1, 0.15) is 17.3 Å². The third-order valence-electron chi connectivity index (χ3n) is 2.80. The molecule has 0 unspecified atom stereocenters. The highest BCUT2D eigenvalue weighted by molar-refractivity contribution is 5.95. The molecule has 1 aromatic carbocycles. The molecule has 5 heteroatoms. The van der Waals surface area contributed by atoms with Crippen molar-refractivity contribution in [2.45, 2.75) is 6.92 Å². The molecule has 0 radical (unpaired) electrons. The molecule has 0 atom stereocenters. The largest absolute Gasteiger partial charge is 0.462 e. The van der Waals surface area contributed by atoms with Crippen molar-refractivity contribution in [2.75, 3.05) is 6.61 Å². The summed E-state index contributed by atoms with van der Waals surface area (Å²) in [7, 11) is 0. The zero-order valence-corrected chi connectivity index (χ0v) is 10.9. The van der Waals surface area contributed by atoms with Gasteiger partial charge >= 0.3 is 5.97 Å². The molecule has 3 rings (SSSR count). The number of benzene rings is 1. The Balaban J connectivity index is 2.11. The predicted molar refractivity (Wildman–Crippen MR) is 73.2 cm³/mol. The summed E-state index contributed by atoms with van der Waals surface area (Å²) in [5.41, 5.74) is 2.12. The van der Waals surface area contributed by atoms with E-state index in [-0.39, 0.29) is 0 Å². The van der Waals surface area contributed by atoms with Crippen LogP contribution in [0.4, 0.5) is 0 Å². The van der Waals surface area contributed by atoms with Gasteiger partial charge in [-0.1, -0.05) is 12.1 Å². The molecule has 0 saturated heterocycles. The van der Waals surface area contributed by atoms with Crippen molar-refractivity contribution in [2.24, 2.45) is 0 Å². The van der Waals surface area contributed by atoms with Crippen LogP contribution < -0.4 is 0 Å². The van der Waals surface area contributed by atoms with Gasteiger partial charge in [-0.15, -0.1) is 0 Å². The van der Waals surface area contributed by atoms with E-state index in [4.69, 9.17) is 9.15 Å². The summed E-state index contributed by atoms with van der Waals surface area (Å²) < 4.78 is 10.7. The monoisotopic (exact) mass is 268 g/mol. The summed E-state index contributed by atoms with van der Waals surface area (Å²) in [6.45, 7) is 2.06. The van der Waals surface area contributed by atoms with Gasteiger partial charge in [-0.05, 0) is 31.2 Å². The molecule has 3 aromatic rings. The Labute approximate surface area is 115 Å². The van der Waals surface area contributed by atoms with E-state index in [1.54, 1.807) is 25.3 Å². The Morgan fingerprint density at radius 2 is 2.10 bits per heavy atom. The van der Waals surface area contributed by atoms with Crippen molar-refractivity contribution < 1.29 is 13.9 Å². The maximum atomic E-state index is 11.9. The number of rotatable bonds is 3. The topological polar surface area (TPSA) is 65.2 Å². The number of oxazole rings is 1. The van der Waals surface area contributed by atoms with Gasteiger partial charge in [0.25, 0.3) is 0 Å². The van der Waals surface area contributed by atoms with Gasteiger partial charge in [0.15, 0.2) is 5.58 Å². The number of para-hydroxylation sites is 2. The number of hydrogen-bond acceptors (Lipinski definition) is 5. The van der Waals surface area contributed by atoms with Crippen LogP contribution in [-0.2, 0) is 4.74 Å². The predicted octanol–water partition coefficient (Wildman–Crippen LogP) is 3.07. The number of pyridine rings is 1. The molecule has 0 aliphatic heterocycles. The molecule has 100 valence electrons. The van der Waals surface area contributed by atoms with E-state index >= 15 is 0 Å². The zero-order chi connectivity index (χ0) is 13.9. The Morgan fingerprint density at radius 3 is 2.90 bits per heavy atom. The van der Waals surface area contributed by atoms with Crippen LogP contribution in [0.15, 0.2) is 47.0 Å². The van der Waals surface area contributed by atoms with Gasteiger partial charge in [-0.2, -0.15) is 0 Å². The quantitative estimate of drug-likeness (QED) is 0.683. The first-order valence-electron chi connectivity index (χ1n) is 6.27. The minimum atomic E-state index is -0.433. The summed E-state index contributed by atoms with van der Waals surface area (Å²) >= 11 is 0. The second kappa shape index (κ2) is 5.13. The third-order valence-corrected chi connectivity index (χ3v) is 2.80. The van der Waals surface area contributed by atoms with Crippen molar-refractivity contribution in [1.82, 2.24) is 9.97 Å². The van der Waals surface area contributed by atoms with E-state index in [2.05, 4.69) is 9.97 Å². The van der Waals surface area contributed by atoms with Gasteiger partial charge in [0.2, 0.25) is 5.89 Å². The Morgan fingerprint density at radius 1 is 1.25 bits per heavy atom. The van der Waals surface area contributed by atoms with E-state index in [0.29, 0.717) is 29.3 Å². The average Bonchev–Trinajstić information content (AvgIpc) is 2.91. The molecule has 0 aliphatic carbocycles. The first-order valence-corrected chi connectivity index (χ1v) is 6.27. The van der Waals surface area contributed by atoms with Gasteiger partial charge in [0.05, 0.1) is 12.2 Å². The molecular weight excluding hydrogens is 256 g/mol. The lowest BCUT2D eigenvalue weighted by Gasteiger charge is -2.04. The van der Waals surface area contributed by atoms with E-state index in [9.17, 15) is 4.79 Å². The minimum Gasteiger partial charge on any atom is -0.462 e. The molecule has 0 spiro atoms. The molecule has 0 bridgehead atoms. The lowest BCUT2D eigenvalue weighted by atomic mass is 10.2. The molecule has 0 amide bonds. The SMILES string of the molecule is CCOC(=O)c1cccnc1-c1nc2ccccc2o1. The molecule has 0 fully saturated rings. The van der Waals surface area contributed by atoms with Gasteiger partial charge in [0.1, 0.15) is 11.2 Å². The first kappa shape index (κ1) is 12.3. The maximum Gasteiger partial charge on any atom is 0.340 e. The zero-order valence-electron chi connectivity index (χ0n) is 10.9. The summed E-state index contributed by atoms with van der Waals surface area (Å²) in [5.74, 6) is -0.118. The van der Waals surface area contributed by atoms with Crippen LogP contribution >= 0.6 is 0 Å². The minimum absolute atomic E-state index is 0.306. The molecule has 2 heterocycles. The van der Waals surface area contributed by atoms with Crippen LogP contribution in [0.25, 0.3) is 22.7 Å². The number of fused-ring (bicyclic) bond motifs is 1. The fourth-order valence-electron chi connectivity index (χ4n) is 1.92. The first-order chi connectivity index (χ1) is 9.79. The normalized spacial score (nSPS) is 10.7. The number of hydrogen-bond donors (Lipinski definition) is 0. The highest BCUT2D eigenvalue weighted by Crippen LogP contribution is 2.25. The molecule has 0 aliphatic rings. The standard InChI is InChI=1S/C15H12N2O3/c1-2-19-15(18)10-6-5-9-16-13(10)14-17-11-7-3-4-8-12(11)20-14/h3-9H,2H2,1H3. The van der Waals surface area contributed by atoms with Crippen molar-refractivity contribution in [3.8, 4) is 11.6 Å². The van der Waals surface area contributed by atoms with Gasteiger partial charge in [-0.25, -0.2) is 9.78 Å². The van der Waals surface area contributed by atoms with Gasteiger partial charge in [0, 0.05) is 6.20 Å². The Bertz CT molecular complexity index is 731. The second-order valence-electron chi connectivity index (χ2n) is 4.11. The van der Waals surface area contributed by atoms with Crippen molar-refractivity contribution in [3.05, 3.63) is 48.2 Å². The number of carbonyl (C=O) groups is 1. The number of nitrogens with zero attached hydrogens (tertiary/aromatic N) is 2. The van der Waals surface area contributed by atoms with E-state index in [1.165, 1.54) is 0 Å². The highest BCUT2D eigenvalue weighted by atomic mass is 16.5. The summed E-state index contributed by atoms with van der Waals surface area (Å²) in [4.78, 5) is 20.5. The summed E-state index contributed by atoms with van der Waals surface area (Å²) in [6.07, 6.45) is 1.59. The van der Waals surface area contributed by atoms with Crippen LogP contribution in [-0.4, -0.2) is 22.5 Å². The van der Waals surface area contributed by atoms with Crippen LogP contribution in [0.3, 0.4) is 0 Å². The third kappa shape index (κ3) is 2.14. The lowest BCUT2D eigenvalue weighted by Crippen LogP contribution is -2.07. The molecular formula is C15H12N2O3. The van der Waals surface area contributed by atoms with E-state index < -0.39 is 5.97 Å². The van der Waals surface area contributed by atoms with Crippen molar-refractivity contribution in [1.29, 1.82) is 0 Å². The molecule has 5 nitrogen and oxygen atoms in total. The summed E-state index contributed by atoms with van der Waals surface area (Å²) in [6, 6.07) is 10.7. The van der Waals surface area contributed by atoms with Crippen LogP contribution in [0.2, 0.25) is 0 Å². The number of aromatic nitrogens is 2. The molecule has 0 N–H and O–H groups in total. The van der Waals surface area contributed by atoms with Gasteiger partial charge in [-0.3, -0.25) is 4.98 Å². The second-order valence-corrected chi connectivity index (χ2v) is 4.11. The molecule has 20 heavy (non-hydrogen) atoms.